The first kappa shape index (κ1) is 16.6. The van der Waals surface area contributed by atoms with Crippen molar-refractivity contribution in [1.82, 2.24) is 20.1 Å². The molecule has 0 saturated carbocycles. The number of nitrogens with one attached hydrogen (secondary N) is 1. The summed E-state index contributed by atoms with van der Waals surface area (Å²) in [5, 5.41) is 7.78. The first-order chi connectivity index (χ1) is 13.3. The van der Waals surface area contributed by atoms with Crippen LogP contribution < -0.4 is 5.32 Å². The number of benzene rings is 1. The summed E-state index contributed by atoms with van der Waals surface area (Å²) in [4.78, 5) is 17.4. The number of carbonyl (C=O) groups excluding carboxylic acids is 1. The summed E-state index contributed by atoms with van der Waals surface area (Å²) < 4.78 is 7.13. The standard InChI is InChI=1S/C21H16N4O2/c1-2-10-22-21(26)17-12-19(15-7-4-3-5-8-15)24-20-18(17)13-23-25(20)14-16-9-6-11-27-16/h1,3-9,11-13H,10,14H2,(H,22,26). The molecule has 0 aliphatic rings. The lowest BCUT2D eigenvalue weighted by molar-refractivity contribution is 0.0960. The lowest BCUT2D eigenvalue weighted by Crippen LogP contribution is -2.23. The van der Waals surface area contributed by atoms with Crippen molar-refractivity contribution < 1.29 is 9.21 Å². The van der Waals surface area contributed by atoms with E-state index in [2.05, 4.69) is 16.3 Å². The Morgan fingerprint density at radius 1 is 1.22 bits per heavy atom. The van der Waals surface area contributed by atoms with Crippen molar-refractivity contribution in [2.75, 3.05) is 6.54 Å². The van der Waals surface area contributed by atoms with Crippen LogP contribution in [0.4, 0.5) is 0 Å². The molecular weight excluding hydrogens is 340 g/mol. The van der Waals surface area contributed by atoms with Crippen molar-refractivity contribution in [3.63, 3.8) is 0 Å². The van der Waals surface area contributed by atoms with Crippen LogP contribution in [-0.2, 0) is 6.54 Å². The summed E-state index contributed by atoms with van der Waals surface area (Å²) >= 11 is 0. The Bertz CT molecular complexity index is 1120. The molecule has 0 atom stereocenters. The van der Waals surface area contributed by atoms with Gasteiger partial charge in [-0.25, -0.2) is 9.67 Å². The smallest absolute Gasteiger partial charge is 0.252 e. The van der Waals surface area contributed by atoms with Gasteiger partial charge in [-0.15, -0.1) is 6.42 Å². The molecular formula is C21H16N4O2. The highest BCUT2D eigenvalue weighted by Gasteiger charge is 2.17. The van der Waals surface area contributed by atoms with Crippen LogP contribution in [0.2, 0.25) is 0 Å². The summed E-state index contributed by atoms with van der Waals surface area (Å²) in [5.74, 6) is 2.92. The van der Waals surface area contributed by atoms with E-state index in [4.69, 9.17) is 15.8 Å². The molecule has 3 aromatic heterocycles. The van der Waals surface area contributed by atoms with Gasteiger partial charge in [0.1, 0.15) is 12.3 Å². The number of terminal acetylenes is 1. The number of pyridine rings is 1. The summed E-state index contributed by atoms with van der Waals surface area (Å²) in [7, 11) is 0. The quantitative estimate of drug-likeness (QED) is 0.558. The van der Waals surface area contributed by atoms with Crippen LogP contribution in [0.25, 0.3) is 22.3 Å². The Kier molecular flexibility index (Phi) is 4.42. The van der Waals surface area contributed by atoms with Gasteiger partial charge in [0.05, 0.1) is 35.6 Å². The van der Waals surface area contributed by atoms with E-state index in [-0.39, 0.29) is 12.5 Å². The van der Waals surface area contributed by atoms with Crippen molar-refractivity contribution in [2.45, 2.75) is 6.54 Å². The second-order valence-electron chi connectivity index (χ2n) is 5.93. The van der Waals surface area contributed by atoms with E-state index in [0.717, 1.165) is 11.3 Å². The lowest BCUT2D eigenvalue weighted by atomic mass is 10.1. The minimum Gasteiger partial charge on any atom is -0.467 e. The van der Waals surface area contributed by atoms with Crippen molar-refractivity contribution in [1.29, 1.82) is 0 Å². The minimum absolute atomic E-state index is 0.157. The fraction of sp³-hybridized carbons (Fsp3) is 0.0952. The molecule has 0 bridgehead atoms. The Morgan fingerprint density at radius 3 is 2.81 bits per heavy atom. The van der Waals surface area contributed by atoms with E-state index in [1.165, 1.54) is 0 Å². The number of amides is 1. The third-order valence-electron chi connectivity index (χ3n) is 4.16. The molecule has 1 amide bonds. The highest BCUT2D eigenvalue weighted by Crippen LogP contribution is 2.25. The Morgan fingerprint density at radius 2 is 2.07 bits per heavy atom. The Labute approximate surface area is 155 Å². The number of furan rings is 1. The second kappa shape index (κ2) is 7.18. The van der Waals surface area contributed by atoms with Gasteiger partial charge in [0.25, 0.3) is 5.91 Å². The normalized spacial score (nSPS) is 10.6. The first-order valence-electron chi connectivity index (χ1n) is 8.42. The van der Waals surface area contributed by atoms with Gasteiger partial charge < -0.3 is 9.73 Å². The topological polar surface area (TPSA) is 73.0 Å². The minimum atomic E-state index is -0.255. The molecule has 0 unspecified atom stereocenters. The zero-order valence-electron chi connectivity index (χ0n) is 14.4. The summed E-state index contributed by atoms with van der Waals surface area (Å²) in [6, 6.07) is 15.2. The average Bonchev–Trinajstić information content (AvgIpc) is 3.36. The lowest BCUT2D eigenvalue weighted by Gasteiger charge is -2.08. The fourth-order valence-electron chi connectivity index (χ4n) is 2.88. The van der Waals surface area contributed by atoms with Gasteiger partial charge in [-0.2, -0.15) is 5.10 Å². The molecule has 1 aromatic carbocycles. The van der Waals surface area contributed by atoms with Crippen molar-refractivity contribution in [3.8, 4) is 23.6 Å². The molecule has 1 N–H and O–H groups in total. The predicted molar refractivity (Wildman–Crippen MR) is 102 cm³/mol. The van der Waals surface area contributed by atoms with Gasteiger partial charge in [-0.3, -0.25) is 4.79 Å². The monoisotopic (exact) mass is 356 g/mol. The van der Waals surface area contributed by atoms with Gasteiger partial charge in [-0.05, 0) is 18.2 Å². The number of rotatable bonds is 5. The van der Waals surface area contributed by atoms with E-state index in [0.29, 0.717) is 28.8 Å². The summed E-state index contributed by atoms with van der Waals surface area (Å²) in [6.45, 7) is 0.580. The average molecular weight is 356 g/mol. The third-order valence-corrected chi connectivity index (χ3v) is 4.16. The zero-order chi connectivity index (χ0) is 18.6. The highest BCUT2D eigenvalue weighted by molar-refractivity contribution is 6.06. The SMILES string of the molecule is C#CCNC(=O)c1cc(-c2ccccc2)nc2c1cnn2Cc1ccco1. The largest absolute Gasteiger partial charge is 0.467 e. The molecule has 4 aromatic rings. The van der Waals surface area contributed by atoms with Crippen LogP contribution in [0, 0.1) is 12.3 Å². The van der Waals surface area contributed by atoms with Gasteiger partial charge in [-0.1, -0.05) is 36.3 Å². The van der Waals surface area contributed by atoms with Crippen LogP contribution in [0.3, 0.4) is 0 Å². The maximum Gasteiger partial charge on any atom is 0.252 e. The molecule has 6 nitrogen and oxygen atoms in total. The molecule has 0 spiro atoms. The van der Waals surface area contributed by atoms with Crippen LogP contribution in [0.1, 0.15) is 16.1 Å². The Hall–Kier alpha value is -3.85. The van der Waals surface area contributed by atoms with Crippen LogP contribution in [-0.4, -0.2) is 27.2 Å². The van der Waals surface area contributed by atoms with Gasteiger partial charge >= 0.3 is 0 Å². The molecule has 3 heterocycles. The first-order valence-corrected chi connectivity index (χ1v) is 8.42. The molecule has 0 radical (unpaired) electrons. The van der Waals surface area contributed by atoms with Crippen LogP contribution in [0.5, 0.6) is 0 Å². The summed E-state index contributed by atoms with van der Waals surface area (Å²) in [6.07, 6.45) is 8.52. The predicted octanol–water partition coefficient (Wildman–Crippen LogP) is 3.10. The fourth-order valence-corrected chi connectivity index (χ4v) is 2.88. The van der Waals surface area contributed by atoms with E-state index >= 15 is 0 Å². The molecule has 132 valence electrons. The van der Waals surface area contributed by atoms with Gasteiger partial charge in [0, 0.05) is 5.56 Å². The number of hydrogen-bond donors (Lipinski definition) is 1. The van der Waals surface area contributed by atoms with Crippen LogP contribution in [0.15, 0.2) is 65.4 Å². The summed E-state index contributed by atoms with van der Waals surface area (Å²) in [5.41, 5.74) is 2.70. The molecule has 27 heavy (non-hydrogen) atoms. The number of fused-ring (bicyclic) bond motifs is 1. The van der Waals surface area contributed by atoms with Crippen molar-refractivity contribution in [3.05, 3.63) is 72.3 Å². The van der Waals surface area contributed by atoms with E-state index < -0.39 is 0 Å². The molecule has 0 saturated heterocycles. The number of carbonyl (C=O) groups is 1. The third kappa shape index (κ3) is 3.31. The maximum absolute atomic E-state index is 12.6. The molecule has 4 rings (SSSR count). The van der Waals surface area contributed by atoms with Crippen molar-refractivity contribution in [2.24, 2.45) is 0 Å². The maximum atomic E-state index is 12.6. The van der Waals surface area contributed by atoms with E-state index in [9.17, 15) is 4.79 Å². The Balaban J connectivity index is 1.86. The molecule has 6 heteroatoms. The number of nitrogens with zero attached hydrogens (tertiary/aromatic N) is 3. The molecule has 0 fully saturated rings. The number of hydrogen-bond acceptors (Lipinski definition) is 4. The van der Waals surface area contributed by atoms with Crippen LogP contribution >= 0.6 is 0 Å². The number of aromatic nitrogens is 3. The van der Waals surface area contributed by atoms with Gasteiger partial charge in [0.15, 0.2) is 5.65 Å². The second-order valence-corrected chi connectivity index (χ2v) is 5.93. The molecule has 0 aliphatic heterocycles. The van der Waals surface area contributed by atoms with Gasteiger partial charge in [0.2, 0.25) is 0 Å². The highest BCUT2D eigenvalue weighted by atomic mass is 16.3. The van der Waals surface area contributed by atoms with Crippen molar-refractivity contribution >= 4 is 16.9 Å². The van der Waals surface area contributed by atoms with E-state index in [1.54, 1.807) is 23.2 Å². The van der Waals surface area contributed by atoms with E-state index in [1.807, 2.05) is 42.5 Å². The zero-order valence-corrected chi connectivity index (χ0v) is 14.4. The molecule has 0 aliphatic carbocycles.